The van der Waals surface area contributed by atoms with E-state index in [1.807, 2.05) is 37.3 Å². The predicted molar refractivity (Wildman–Crippen MR) is 124 cm³/mol. The number of fused-ring (bicyclic) bond motifs is 1. The summed E-state index contributed by atoms with van der Waals surface area (Å²) in [7, 11) is 0. The van der Waals surface area contributed by atoms with Crippen LogP contribution in [0.3, 0.4) is 0 Å². The SMILES string of the molecule is Cc1cc(-c2n[nH]c3ccc(-c4ccn(Cc5cccc(C(F)(F)F)c5F)c(=O)c4)cc23)ccn1. The highest BCUT2D eigenvalue weighted by molar-refractivity contribution is 5.95. The smallest absolute Gasteiger partial charge is 0.311 e. The summed E-state index contributed by atoms with van der Waals surface area (Å²) in [6.45, 7) is 1.57. The fourth-order valence-electron chi connectivity index (χ4n) is 4.03. The molecule has 0 atom stereocenters. The number of nitrogens with zero attached hydrogens (tertiary/aromatic N) is 3. The van der Waals surface area contributed by atoms with Gasteiger partial charge in [0.15, 0.2) is 0 Å². The molecule has 0 unspecified atom stereocenters. The number of halogens is 4. The standard InChI is InChI=1S/C26H18F4N4O/c1-15-11-18(7-9-31-15)25-20-12-16(5-6-22(20)32-33-25)17-8-10-34(23(35)13-17)14-19-3-2-4-21(24(19)27)26(28,29)30/h2-13H,14H2,1H3,(H,32,33). The van der Waals surface area contributed by atoms with Crippen molar-refractivity contribution in [1.29, 1.82) is 0 Å². The van der Waals surface area contributed by atoms with Gasteiger partial charge in [-0.2, -0.15) is 18.3 Å². The zero-order valence-corrected chi connectivity index (χ0v) is 18.4. The minimum absolute atomic E-state index is 0.216. The molecule has 5 nitrogen and oxygen atoms in total. The molecule has 0 bridgehead atoms. The summed E-state index contributed by atoms with van der Waals surface area (Å²) in [6.07, 6.45) is -1.65. The van der Waals surface area contributed by atoms with Crippen LogP contribution in [0.4, 0.5) is 17.6 Å². The van der Waals surface area contributed by atoms with Gasteiger partial charge in [0.25, 0.3) is 5.56 Å². The number of aromatic nitrogens is 4. The third-order valence-electron chi connectivity index (χ3n) is 5.79. The molecule has 3 heterocycles. The molecule has 1 N–H and O–H groups in total. The van der Waals surface area contributed by atoms with Crippen molar-refractivity contribution in [3.8, 4) is 22.4 Å². The number of hydrogen-bond acceptors (Lipinski definition) is 3. The number of benzene rings is 2. The lowest BCUT2D eigenvalue weighted by atomic mass is 10.0. The maximum atomic E-state index is 14.4. The monoisotopic (exact) mass is 478 g/mol. The van der Waals surface area contributed by atoms with E-state index in [0.29, 0.717) is 11.6 Å². The van der Waals surface area contributed by atoms with E-state index in [2.05, 4.69) is 15.2 Å². The third-order valence-corrected chi connectivity index (χ3v) is 5.79. The molecule has 0 fully saturated rings. The molecular weight excluding hydrogens is 460 g/mol. The van der Waals surface area contributed by atoms with Gasteiger partial charge in [-0.1, -0.05) is 18.2 Å². The first-order valence-corrected chi connectivity index (χ1v) is 10.7. The van der Waals surface area contributed by atoms with E-state index < -0.39 is 23.1 Å². The van der Waals surface area contributed by atoms with Gasteiger partial charge in [-0.3, -0.25) is 14.9 Å². The van der Waals surface area contributed by atoms with E-state index >= 15 is 0 Å². The van der Waals surface area contributed by atoms with E-state index in [1.165, 1.54) is 22.9 Å². The number of hydrogen-bond donors (Lipinski definition) is 1. The molecule has 0 saturated heterocycles. The van der Waals surface area contributed by atoms with Gasteiger partial charge in [0.2, 0.25) is 0 Å². The van der Waals surface area contributed by atoms with Crippen molar-refractivity contribution in [2.45, 2.75) is 19.6 Å². The Morgan fingerprint density at radius 3 is 2.51 bits per heavy atom. The topological polar surface area (TPSA) is 63.6 Å². The van der Waals surface area contributed by atoms with Crippen LogP contribution in [0, 0.1) is 12.7 Å². The van der Waals surface area contributed by atoms with Crippen molar-refractivity contribution in [2.75, 3.05) is 0 Å². The van der Waals surface area contributed by atoms with E-state index in [1.54, 1.807) is 12.3 Å². The molecule has 176 valence electrons. The van der Waals surface area contributed by atoms with Crippen molar-refractivity contribution < 1.29 is 17.6 Å². The van der Waals surface area contributed by atoms with Gasteiger partial charge in [-0.25, -0.2) is 4.39 Å². The molecule has 2 aromatic carbocycles. The third kappa shape index (κ3) is 4.32. The van der Waals surface area contributed by atoms with Gasteiger partial charge >= 0.3 is 6.18 Å². The second-order valence-electron chi connectivity index (χ2n) is 8.18. The van der Waals surface area contributed by atoms with Gasteiger partial charge < -0.3 is 4.57 Å². The number of aromatic amines is 1. The molecular formula is C26H18F4N4O. The summed E-state index contributed by atoms with van der Waals surface area (Å²) in [6, 6.07) is 15.5. The van der Waals surface area contributed by atoms with Crippen molar-refractivity contribution in [2.24, 2.45) is 0 Å². The van der Waals surface area contributed by atoms with Crippen LogP contribution >= 0.6 is 0 Å². The average Bonchev–Trinajstić information content (AvgIpc) is 3.24. The van der Waals surface area contributed by atoms with Gasteiger partial charge in [0.05, 0.1) is 17.6 Å². The maximum absolute atomic E-state index is 14.4. The summed E-state index contributed by atoms with van der Waals surface area (Å²) in [4.78, 5) is 17.0. The lowest BCUT2D eigenvalue weighted by Gasteiger charge is -2.12. The van der Waals surface area contributed by atoms with E-state index in [-0.39, 0.29) is 12.1 Å². The second-order valence-corrected chi connectivity index (χ2v) is 8.18. The first kappa shape index (κ1) is 22.5. The Labute approximate surface area is 196 Å². The highest BCUT2D eigenvalue weighted by atomic mass is 19.4. The molecule has 0 aliphatic carbocycles. The quantitative estimate of drug-likeness (QED) is 0.324. The molecule has 0 spiro atoms. The Morgan fingerprint density at radius 2 is 1.77 bits per heavy atom. The van der Waals surface area contributed by atoms with Crippen molar-refractivity contribution in [1.82, 2.24) is 19.7 Å². The van der Waals surface area contributed by atoms with Crippen LogP contribution in [0.1, 0.15) is 16.8 Å². The molecule has 0 aliphatic heterocycles. The fraction of sp³-hybridized carbons (Fsp3) is 0.115. The van der Waals surface area contributed by atoms with Crippen LogP contribution in [-0.2, 0) is 12.7 Å². The highest BCUT2D eigenvalue weighted by Crippen LogP contribution is 2.33. The fourth-order valence-corrected chi connectivity index (χ4v) is 4.03. The Kier molecular flexibility index (Phi) is 5.47. The highest BCUT2D eigenvalue weighted by Gasteiger charge is 2.34. The van der Waals surface area contributed by atoms with Gasteiger partial charge in [-0.05, 0) is 54.4 Å². The molecule has 3 aromatic heterocycles. The van der Waals surface area contributed by atoms with E-state index in [0.717, 1.165) is 39.5 Å². The molecule has 0 amide bonds. The number of pyridine rings is 2. The molecule has 5 rings (SSSR count). The van der Waals surface area contributed by atoms with Crippen molar-refractivity contribution >= 4 is 10.9 Å². The molecule has 0 saturated carbocycles. The summed E-state index contributed by atoms with van der Waals surface area (Å²) in [5, 5.41) is 8.28. The normalized spacial score (nSPS) is 11.8. The largest absolute Gasteiger partial charge is 0.419 e. The minimum atomic E-state index is -4.81. The lowest BCUT2D eigenvalue weighted by molar-refractivity contribution is -0.140. The Hall–Kier alpha value is -4.27. The summed E-state index contributed by atoms with van der Waals surface area (Å²) < 4.78 is 54.6. The molecule has 9 heteroatoms. The number of aryl methyl sites for hydroxylation is 1. The van der Waals surface area contributed by atoms with Crippen molar-refractivity contribution in [3.05, 3.63) is 106 Å². The molecule has 35 heavy (non-hydrogen) atoms. The van der Waals surface area contributed by atoms with Crippen LogP contribution in [-0.4, -0.2) is 19.7 Å². The van der Waals surface area contributed by atoms with E-state index in [9.17, 15) is 22.4 Å². The van der Waals surface area contributed by atoms with Gasteiger partial charge in [0, 0.05) is 40.7 Å². The number of rotatable bonds is 4. The molecule has 0 radical (unpaired) electrons. The van der Waals surface area contributed by atoms with Crippen molar-refractivity contribution in [3.63, 3.8) is 0 Å². The zero-order chi connectivity index (χ0) is 24.7. The predicted octanol–water partition coefficient (Wildman–Crippen LogP) is 5.97. The number of H-pyrrole nitrogens is 1. The average molecular weight is 478 g/mol. The maximum Gasteiger partial charge on any atom is 0.419 e. The number of alkyl halides is 3. The van der Waals surface area contributed by atoms with E-state index in [4.69, 9.17) is 0 Å². The second kappa shape index (κ2) is 8.50. The molecule has 0 aliphatic rings. The van der Waals surface area contributed by atoms with Gasteiger partial charge in [0.1, 0.15) is 11.5 Å². The zero-order valence-electron chi connectivity index (χ0n) is 18.4. The lowest BCUT2D eigenvalue weighted by Crippen LogP contribution is -2.20. The Morgan fingerprint density at radius 1 is 0.971 bits per heavy atom. The summed E-state index contributed by atoms with van der Waals surface area (Å²) in [5.74, 6) is -1.37. The van der Waals surface area contributed by atoms with Crippen LogP contribution in [0.15, 0.2) is 77.9 Å². The van der Waals surface area contributed by atoms with Crippen LogP contribution < -0.4 is 5.56 Å². The summed E-state index contributed by atoms with van der Waals surface area (Å²) >= 11 is 0. The first-order valence-electron chi connectivity index (χ1n) is 10.7. The number of nitrogens with one attached hydrogen (secondary N) is 1. The van der Waals surface area contributed by atoms with Crippen LogP contribution in [0.25, 0.3) is 33.3 Å². The van der Waals surface area contributed by atoms with Crippen LogP contribution in [0.5, 0.6) is 0 Å². The van der Waals surface area contributed by atoms with Crippen LogP contribution in [0.2, 0.25) is 0 Å². The Balaban J connectivity index is 1.49. The minimum Gasteiger partial charge on any atom is -0.311 e. The van der Waals surface area contributed by atoms with Gasteiger partial charge in [-0.15, -0.1) is 0 Å². The summed E-state index contributed by atoms with van der Waals surface area (Å²) in [5.41, 5.74) is 2.69. The first-order chi connectivity index (χ1) is 16.7. The molecule has 5 aromatic rings. The Bertz CT molecular complexity index is 1620.